The van der Waals surface area contributed by atoms with Crippen LogP contribution in [0.1, 0.15) is 5.56 Å². The first-order valence-electron chi connectivity index (χ1n) is 6.73. The molecule has 0 bridgehead atoms. The fourth-order valence-electron chi connectivity index (χ4n) is 1.79. The van der Waals surface area contributed by atoms with E-state index in [1.54, 1.807) is 31.5 Å². The summed E-state index contributed by atoms with van der Waals surface area (Å²) in [6.07, 6.45) is 1.54. The summed E-state index contributed by atoms with van der Waals surface area (Å²) in [4.78, 5) is 0. The molecule has 6 nitrogen and oxygen atoms in total. The predicted octanol–water partition coefficient (Wildman–Crippen LogP) is 2.73. The Labute approximate surface area is 139 Å². The number of nitrogens with zero attached hydrogens (tertiary/aromatic N) is 1. The van der Waals surface area contributed by atoms with Crippen molar-refractivity contribution in [1.82, 2.24) is 5.43 Å². The van der Waals surface area contributed by atoms with Gasteiger partial charge >= 0.3 is 0 Å². The highest BCUT2D eigenvalue weighted by molar-refractivity contribution is 7.80. The van der Waals surface area contributed by atoms with Gasteiger partial charge in [0.25, 0.3) is 0 Å². The second-order valence-electron chi connectivity index (χ2n) is 4.48. The molecule has 120 valence electrons. The maximum absolute atomic E-state index is 9.68. The van der Waals surface area contributed by atoms with E-state index in [2.05, 4.69) is 15.8 Å². The average molecular weight is 331 g/mol. The lowest BCUT2D eigenvalue weighted by Crippen LogP contribution is -2.23. The van der Waals surface area contributed by atoms with Crippen LogP contribution in [-0.2, 0) is 0 Å². The van der Waals surface area contributed by atoms with Gasteiger partial charge in [-0.1, -0.05) is 0 Å². The third-order valence-corrected chi connectivity index (χ3v) is 3.12. The number of ether oxygens (including phenoxy) is 2. The molecule has 0 atom stereocenters. The number of benzene rings is 2. The molecule has 0 spiro atoms. The minimum atomic E-state index is 0.0513. The second kappa shape index (κ2) is 8.00. The maximum atomic E-state index is 9.68. The average Bonchev–Trinajstić information content (AvgIpc) is 2.56. The van der Waals surface area contributed by atoms with E-state index >= 15 is 0 Å². The third-order valence-electron chi connectivity index (χ3n) is 2.93. The van der Waals surface area contributed by atoms with Crippen LogP contribution in [0.15, 0.2) is 47.6 Å². The van der Waals surface area contributed by atoms with Crippen molar-refractivity contribution in [2.75, 3.05) is 19.5 Å². The van der Waals surface area contributed by atoms with Crippen molar-refractivity contribution in [3.63, 3.8) is 0 Å². The zero-order valence-corrected chi connectivity index (χ0v) is 13.6. The van der Waals surface area contributed by atoms with E-state index in [0.29, 0.717) is 16.4 Å². The number of phenolic OH excluding ortho intramolecular Hbond substituents is 1. The number of hydrogen-bond donors (Lipinski definition) is 3. The van der Waals surface area contributed by atoms with Gasteiger partial charge in [0, 0.05) is 5.69 Å². The van der Waals surface area contributed by atoms with Crippen molar-refractivity contribution < 1.29 is 14.6 Å². The lowest BCUT2D eigenvalue weighted by molar-refractivity contribution is 0.373. The summed E-state index contributed by atoms with van der Waals surface area (Å²) in [5.74, 6) is 1.23. The fraction of sp³-hybridized carbons (Fsp3) is 0.125. The van der Waals surface area contributed by atoms with Gasteiger partial charge in [-0.15, -0.1) is 0 Å². The Morgan fingerprint density at radius 2 is 1.87 bits per heavy atom. The van der Waals surface area contributed by atoms with Crippen LogP contribution in [-0.4, -0.2) is 30.7 Å². The summed E-state index contributed by atoms with van der Waals surface area (Å²) in [6.45, 7) is 0. The largest absolute Gasteiger partial charge is 0.504 e. The smallest absolute Gasteiger partial charge is 0.191 e. The second-order valence-corrected chi connectivity index (χ2v) is 4.89. The predicted molar refractivity (Wildman–Crippen MR) is 94.6 cm³/mol. The first-order valence-corrected chi connectivity index (χ1v) is 7.14. The number of aromatic hydroxyl groups is 1. The zero-order chi connectivity index (χ0) is 16.7. The van der Waals surface area contributed by atoms with Gasteiger partial charge in [-0.3, -0.25) is 5.43 Å². The number of thiocarbonyl (C=S) groups is 1. The zero-order valence-electron chi connectivity index (χ0n) is 12.7. The molecule has 0 amide bonds. The summed E-state index contributed by atoms with van der Waals surface area (Å²) < 4.78 is 10.1. The van der Waals surface area contributed by atoms with Crippen LogP contribution in [0.25, 0.3) is 0 Å². The molecule has 0 aliphatic carbocycles. The Bertz CT molecular complexity index is 702. The van der Waals surface area contributed by atoms with Gasteiger partial charge in [0.15, 0.2) is 16.6 Å². The van der Waals surface area contributed by atoms with Crippen molar-refractivity contribution in [1.29, 1.82) is 0 Å². The van der Waals surface area contributed by atoms with Crippen molar-refractivity contribution in [3.8, 4) is 17.2 Å². The van der Waals surface area contributed by atoms with Crippen molar-refractivity contribution in [3.05, 3.63) is 48.0 Å². The summed E-state index contributed by atoms with van der Waals surface area (Å²) >= 11 is 5.14. The van der Waals surface area contributed by atoms with E-state index in [1.165, 1.54) is 7.11 Å². The number of phenols is 1. The molecule has 0 saturated heterocycles. The van der Waals surface area contributed by atoms with E-state index < -0.39 is 0 Å². The standard InChI is InChI=1S/C16H17N3O3S/c1-21-13-6-4-12(5-7-13)18-16(23)19-17-10-11-3-8-15(22-2)14(20)9-11/h3-10,20H,1-2H3,(H2,18,19,23)/b17-10-. The summed E-state index contributed by atoms with van der Waals surface area (Å²) in [7, 11) is 3.11. The number of nitrogens with one attached hydrogen (secondary N) is 2. The van der Waals surface area contributed by atoms with Gasteiger partial charge < -0.3 is 19.9 Å². The normalized spacial score (nSPS) is 10.3. The molecule has 0 fully saturated rings. The highest BCUT2D eigenvalue weighted by Crippen LogP contribution is 2.25. The van der Waals surface area contributed by atoms with Gasteiger partial charge in [0.1, 0.15) is 5.75 Å². The van der Waals surface area contributed by atoms with E-state index in [4.69, 9.17) is 21.7 Å². The minimum Gasteiger partial charge on any atom is -0.504 e. The quantitative estimate of drug-likeness (QED) is 0.444. The first kappa shape index (κ1) is 16.6. The summed E-state index contributed by atoms with van der Waals surface area (Å²) in [5.41, 5.74) is 4.23. The topological polar surface area (TPSA) is 75.1 Å². The van der Waals surface area contributed by atoms with E-state index in [1.807, 2.05) is 24.3 Å². The van der Waals surface area contributed by atoms with E-state index in [9.17, 15) is 5.11 Å². The molecule has 0 radical (unpaired) electrons. The third kappa shape index (κ3) is 4.86. The monoisotopic (exact) mass is 331 g/mol. The Kier molecular flexibility index (Phi) is 5.76. The van der Waals surface area contributed by atoms with Gasteiger partial charge in [0.05, 0.1) is 20.4 Å². The molecule has 0 heterocycles. The molecule has 0 aliphatic heterocycles. The van der Waals surface area contributed by atoms with Crippen LogP contribution < -0.4 is 20.2 Å². The molecular formula is C16H17N3O3S. The van der Waals surface area contributed by atoms with Gasteiger partial charge in [-0.25, -0.2) is 0 Å². The fourth-order valence-corrected chi connectivity index (χ4v) is 1.96. The highest BCUT2D eigenvalue weighted by atomic mass is 32.1. The Morgan fingerprint density at radius 1 is 1.13 bits per heavy atom. The molecule has 0 aliphatic rings. The lowest BCUT2D eigenvalue weighted by Gasteiger charge is -2.07. The molecule has 2 rings (SSSR count). The van der Waals surface area contributed by atoms with Crippen LogP contribution in [0.4, 0.5) is 5.69 Å². The Morgan fingerprint density at radius 3 is 2.48 bits per heavy atom. The highest BCUT2D eigenvalue weighted by Gasteiger charge is 2.01. The number of anilines is 1. The minimum absolute atomic E-state index is 0.0513. The van der Waals surface area contributed by atoms with E-state index in [0.717, 1.165) is 11.4 Å². The molecule has 0 unspecified atom stereocenters. The first-order chi connectivity index (χ1) is 11.1. The van der Waals surface area contributed by atoms with Crippen molar-refractivity contribution >= 4 is 29.2 Å². The number of hydrogen-bond acceptors (Lipinski definition) is 5. The molecule has 0 saturated carbocycles. The molecular weight excluding hydrogens is 314 g/mol. The van der Waals surface area contributed by atoms with Crippen molar-refractivity contribution in [2.45, 2.75) is 0 Å². The molecule has 2 aromatic carbocycles. The summed E-state index contributed by atoms with van der Waals surface area (Å²) in [5, 5.41) is 17.0. The van der Waals surface area contributed by atoms with Crippen LogP contribution in [0, 0.1) is 0 Å². The molecule has 3 N–H and O–H groups in total. The molecule has 0 aromatic heterocycles. The molecule has 7 heteroatoms. The SMILES string of the molecule is COc1ccc(NC(=S)N/N=C\c2ccc(OC)c(O)c2)cc1. The summed E-state index contributed by atoms with van der Waals surface area (Å²) in [6, 6.07) is 12.3. The number of rotatable bonds is 5. The Hall–Kier alpha value is -2.80. The van der Waals surface area contributed by atoms with Crippen LogP contribution in [0.5, 0.6) is 17.2 Å². The van der Waals surface area contributed by atoms with Crippen LogP contribution in [0.2, 0.25) is 0 Å². The molecule has 23 heavy (non-hydrogen) atoms. The van der Waals surface area contributed by atoms with Crippen molar-refractivity contribution in [2.24, 2.45) is 5.10 Å². The number of methoxy groups -OCH3 is 2. The number of hydrazone groups is 1. The van der Waals surface area contributed by atoms with Gasteiger partial charge in [-0.05, 0) is 60.2 Å². The van der Waals surface area contributed by atoms with Crippen LogP contribution in [0.3, 0.4) is 0 Å². The van der Waals surface area contributed by atoms with Crippen LogP contribution >= 0.6 is 12.2 Å². The van der Waals surface area contributed by atoms with Gasteiger partial charge in [-0.2, -0.15) is 5.10 Å². The lowest BCUT2D eigenvalue weighted by atomic mass is 10.2. The van der Waals surface area contributed by atoms with E-state index in [-0.39, 0.29) is 5.75 Å². The van der Waals surface area contributed by atoms with Gasteiger partial charge in [0.2, 0.25) is 0 Å². The Balaban J connectivity index is 1.89. The maximum Gasteiger partial charge on any atom is 0.191 e. The molecule has 2 aromatic rings.